The lowest BCUT2D eigenvalue weighted by Crippen LogP contribution is -2.40. The molecule has 1 atom stereocenters. The number of fused-ring (bicyclic) bond motifs is 1. The van der Waals surface area contributed by atoms with Gasteiger partial charge in [0.15, 0.2) is 5.65 Å². The molecule has 1 amide bonds. The number of aromatic nitrogens is 3. The minimum absolute atomic E-state index is 0.300. The minimum Gasteiger partial charge on any atom is -0.381 e. The molecule has 4 rings (SSSR count). The van der Waals surface area contributed by atoms with Crippen molar-refractivity contribution in [3.63, 3.8) is 0 Å². The number of aromatic amines is 1. The van der Waals surface area contributed by atoms with Crippen molar-refractivity contribution in [1.82, 2.24) is 20.1 Å². The Morgan fingerprint density at radius 2 is 2.17 bits per heavy atom. The smallest absolute Gasteiger partial charge is 0.222 e. The fraction of sp³-hybridized carbons (Fsp3) is 0.611. The molecule has 24 heavy (non-hydrogen) atoms. The first-order valence-corrected chi connectivity index (χ1v) is 8.95. The zero-order valence-electron chi connectivity index (χ0n) is 13.9. The Bertz CT molecular complexity index is 708. The second-order valence-corrected chi connectivity index (χ2v) is 6.98. The van der Waals surface area contributed by atoms with Gasteiger partial charge in [-0.3, -0.25) is 9.89 Å². The fourth-order valence-electron chi connectivity index (χ4n) is 3.84. The van der Waals surface area contributed by atoms with Crippen LogP contribution in [-0.4, -0.2) is 52.3 Å². The van der Waals surface area contributed by atoms with E-state index in [1.54, 1.807) is 6.20 Å². The van der Waals surface area contributed by atoms with Gasteiger partial charge in [0.1, 0.15) is 0 Å². The van der Waals surface area contributed by atoms with Crippen molar-refractivity contribution in [1.29, 1.82) is 0 Å². The van der Waals surface area contributed by atoms with Crippen molar-refractivity contribution in [2.24, 2.45) is 5.92 Å². The van der Waals surface area contributed by atoms with Crippen molar-refractivity contribution < 1.29 is 9.53 Å². The van der Waals surface area contributed by atoms with Gasteiger partial charge >= 0.3 is 0 Å². The monoisotopic (exact) mass is 328 g/mol. The first-order valence-electron chi connectivity index (χ1n) is 8.95. The van der Waals surface area contributed by atoms with E-state index in [9.17, 15) is 4.79 Å². The van der Waals surface area contributed by atoms with E-state index in [0.29, 0.717) is 24.2 Å². The Morgan fingerprint density at radius 3 is 3.04 bits per heavy atom. The Kier molecular flexibility index (Phi) is 4.47. The van der Waals surface area contributed by atoms with Crippen LogP contribution in [0.25, 0.3) is 11.0 Å². The molecule has 0 saturated carbocycles. The molecule has 0 radical (unpaired) electrons. The van der Waals surface area contributed by atoms with Crippen molar-refractivity contribution in [3.05, 3.63) is 24.0 Å². The third-order valence-corrected chi connectivity index (χ3v) is 5.32. The van der Waals surface area contributed by atoms with Gasteiger partial charge in [-0.1, -0.05) is 0 Å². The molecule has 0 aliphatic carbocycles. The summed E-state index contributed by atoms with van der Waals surface area (Å²) in [5.74, 6) is 1.12. The highest BCUT2D eigenvalue weighted by atomic mass is 16.5. The molecule has 2 fully saturated rings. The topological polar surface area (TPSA) is 71.1 Å². The van der Waals surface area contributed by atoms with Crippen LogP contribution in [0.1, 0.15) is 43.7 Å². The van der Waals surface area contributed by atoms with Crippen molar-refractivity contribution in [2.75, 3.05) is 26.3 Å². The number of likely N-dealkylation sites (tertiary alicyclic amines) is 1. The Hall–Kier alpha value is -1.95. The van der Waals surface area contributed by atoms with Crippen LogP contribution in [0.15, 0.2) is 18.3 Å². The predicted octanol–water partition coefficient (Wildman–Crippen LogP) is 2.48. The van der Waals surface area contributed by atoms with Crippen molar-refractivity contribution in [2.45, 2.75) is 38.0 Å². The number of carbonyl (C=O) groups excluding carboxylic acids is 1. The number of H-pyrrole nitrogens is 1. The zero-order chi connectivity index (χ0) is 16.4. The van der Waals surface area contributed by atoms with Gasteiger partial charge in [-0.25, -0.2) is 4.98 Å². The number of rotatable bonds is 3. The highest BCUT2D eigenvalue weighted by molar-refractivity contribution is 5.77. The number of nitrogens with zero attached hydrogens (tertiary/aromatic N) is 3. The van der Waals surface area contributed by atoms with Crippen LogP contribution < -0.4 is 0 Å². The second kappa shape index (κ2) is 6.89. The summed E-state index contributed by atoms with van der Waals surface area (Å²) in [5.41, 5.74) is 1.90. The first kappa shape index (κ1) is 15.6. The maximum atomic E-state index is 12.7. The van der Waals surface area contributed by atoms with Gasteiger partial charge in [0.25, 0.3) is 0 Å². The normalized spacial score (nSPS) is 22.8. The van der Waals surface area contributed by atoms with Crippen molar-refractivity contribution >= 4 is 16.9 Å². The third-order valence-electron chi connectivity index (χ3n) is 5.32. The van der Waals surface area contributed by atoms with E-state index >= 15 is 0 Å². The van der Waals surface area contributed by atoms with E-state index in [4.69, 9.17) is 9.72 Å². The molecule has 1 N–H and O–H groups in total. The molecule has 128 valence electrons. The van der Waals surface area contributed by atoms with E-state index in [0.717, 1.165) is 68.7 Å². The molecule has 2 aromatic rings. The molecule has 2 aliphatic heterocycles. The molecule has 0 bridgehead atoms. The van der Waals surface area contributed by atoms with E-state index in [1.807, 2.05) is 4.90 Å². The molecule has 2 saturated heterocycles. The number of pyridine rings is 1. The van der Waals surface area contributed by atoms with Crippen LogP contribution in [-0.2, 0) is 9.53 Å². The summed E-state index contributed by atoms with van der Waals surface area (Å²) >= 11 is 0. The average Bonchev–Trinajstić information content (AvgIpc) is 3.10. The van der Waals surface area contributed by atoms with E-state index in [2.05, 4.69) is 22.3 Å². The number of hydrogen-bond donors (Lipinski definition) is 1. The zero-order valence-corrected chi connectivity index (χ0v) is 13.9. The number of piperidine rings is 1. The summed E-state index contributed by atoms with van der Waals surface area (Å²) in [6, 6.07) is 4.14. The van der Waals surface area contributed by atoms with Gasteiger partial charge in [0.2, 0.25) is 5.91 Å². The van der Waals surface area contributed by atoms with Gasteiger partial charge in [-0.15, -0.1) is 0 Å². The van der Waals surface area contributed by atoms with Gasteiger partial charge < -0.3 is 9.64 Å². The van der Waals surface area contributed by atoms with Crippen LogP contribution in [0.4, 0.5) is 0 Å². The quantitative estimate of drug-likeness (QED) is 0.939. The molecule has 6 nitrogen and oxygen atoms in total. The maximum absolute atomic E-state index is 12.7. The van der Waals surface area contributed by atoms with E-state index in [1.165, 1.54) is 0 Å². The summed E-state index contributed by atoms with van der Waals surface area (Å²) in [4.78, 5) is 19.4. The lowest BCUT2D eigenvalue weighted by atomic mass is 9.92. The van der Waals surface area contributed by atoms with Crippen LogP contribution in [0.2, 0.25) is 0 Å². The molecular formula is C18H24N4O2. The largest absolute Gasteiger partial charge is 0.381 e. The van der Waals surface area contributed by atoms with E-state index in [-0.39, 0.29) is 0 Å². The van der Waals surface area contributed by atoms with Gasteiger partial charge in [0, 0.05) is 49.7 Å². The number of ether oxygens (including phenoxy) is 1. The van der Waals surface area contributed by atoms with Crippen LogP contribution in [0, 0.1) is 5.92 Å². The molecule has 0 spiro atoms. The van der Waals surface area contributed by atoms with Crippen molar-refractivity contribution in [3.8, 4) is 0 Å². The average molecular weight is 328 g/mol. The number of hydrogen-bond acceptors (Lipinski definition) is 4. The Labute approximate surface area is 141 Å². The maximum Gasteiger partial charge on any atom is 0.222 e. The summed E-state index contributed by atoms with van der Waals surface area (Å²) in [5, 5.41) is 8.00. The van der Waals surface area contributed by atoms with Crippen LogP contribution in [0.5, 0.6) is 0 Å². The first-order chi connectivity index (χ1) is 11.8. The summed E-state index contributed by atoms with van der Waals surface area (Å²) in [7, 11) is 0. The Morgan fingerprint density at radius 1 is 1.29 bits per heavy atom. The molecule has 2 aromatic heterocycles. The lowest BCUT2D eigenvalue weighted by molar-refractivity contribution is -0.134. The molecule has 4 heterocycles. The van der Waals surface area contributed by atoms with Gasteiger partial charge in [-0.2, -0.15) is 5.10 Å². The van der Waals surface area contributed by atoms with Gasteiger partial charge in [0.05, 0.1) is 6.20 Å². The van der Waals surface area contributed by atoms with Crippen LogP contribution in [0.3, 0.4) is 0 Å². The summed E-state index contributed by atoms with van der Waals surface area (Å²) in [6.07, 6.45) is 6.63. The lowest BCUT2D eigenvalue weighted by Gasteiger charge is -2.34. The predicted molar refractivity (Wildman–Crippen MR) is 90.6 cm³/mol. The van der Waals surface area contributed by atoms with Crippen LogP contribution >= 0.6 is 0 Å². The standard InChI is InChI=1S/C18H24N4O2/c23-17(10-13-5-8-24-9-6-13)22-7-1-2-15(12-22)16-4-3-14-11-19-21-18(14)20-16/h3-4,11,13,15H,1-2,5-10,12H2,(H,19,20,21). The summed E-state index contributed by atoms with van der Waals surface area (Å²) in [6.45, 7) is 3.27. The number of nitrogens with one attached hydrogen (secondary N) is 1. The summed E-state index contributed by atoms with van der Waals surface area (Å²) < 4.78 is 5.39. The minimum atomic E-state index is 0.300. The molecule has 0 aromatic carbocycles. The van der Waals surface area contributed by atoms with Gasteiger partial charge in [-0.05, 0) is 43.7 Å². The molecular weight excluding hydrogens is 304 g/mol. The van der Waals surface area contributed by atoms with E-state index < -0.39 is 0 Å². The number of amides is 1. The Balaban J connectivity index is 1.41. The SMILES string of the molecule is O=C(CC1CCOCC1)N1CCCC(c2ccc3cn[nH]c3n2)C1. The highest BCUT2D eigenvalue weighted by Crippen LogP contribution is 2.28. The fourth-order valence-corrected chi connectivity index (χ4v) is 3.84. The molecule has 1 unspecified atom stereocenters. The molecule has 6 heteroatoms. The molecule has 2 aliphatic rings. The third kappa shape index (κ3) is 3.29. The number of carbonyl (C=O) groups is 1. The highest BCUT2D eigenvalue weighted by Gasteiger charge is 2.27. The second-order valence-electron chi connectivity index (χ2n) is 6.98.